The van der Waals surface area contributed by atoms with Crippen LogP contribution in [0, 0.1) is 0 Å². The van der Waals surface area contributed by atoms with E-state index in [1.807, 2.05) is 0 Å². The first-order chi connectivity index (χ1) is 6.59. The van der Waals surface area contributed by atoms with Crippen molar-refractivity contribution in [2.45, 2.75) is 0 Å². The average Bonchev–Trinajstić information content (AvgIpc) is 2.58. The molecule has 0 aliphatic heterocycles. The fraction of sp³-hybridized carbons (Fsp3) is 0. The summed E-state index contributed by atoms with van der Waals surface area (Å²) in [6, 6.07) is 1.41. The van der Waals surface area contributed by atoms with Crippen LogP contribution in [0.1, 0.15) is 20.0 Å². The summed E-state index contributed by atoms with van der Waals surface area (Å²) in [7, 11) is 0. The van der Waals surface area contributed by atoms with Crippen molar-refractivity contribution in [3.63, 3.8) is 0 Å². The molecule has 2 N–H and O–H groups in total. The van der Waals surface area contributed by atoms with Gasteiger partial charge in [-0.3, -0.25) is 0 Å². The molecule has 72 valence electrons. The Balaban J connectivity index is 2.67. The smallest absolute Gasteiger partial charge is 0.345 e. The fourth-order valence-corrected chi connectivity index (χ4v) is 3.19. The lowest BCUT2D eigenvalue weighted by atomic mass is 10.2. The van der Waals surface area contributed by atoms with Gasteiger partial charge in [-0.15, -0.1) is 22.7 Å². The van der Waals surface area contributed by atoms with E-state index in [9.17, 15) is 9.59 Å². The molecule has 0 saturated heterocycles. The highest BCUT2D eigenvalue weighted by atomic mass is 32.2. The van der Waals surface area contributed by atoms with Gasteiger partial charge in [0, 0.05) is 10.8 Å². The van der Waals surface area contributed by atoms with Gasteiger partial charge in [0.25, 0.3) is 0 Å². The second-order valence-corrected chi connectivity index (χ2v) is 4.76. The maximum atomic E-state index is 10.7. The molecule has 2 aromatic heterocycles. The molecule has 0 atom stereocenters. The molecule has 0 aliphatic carbocycles. The predicted octanol–water partition coefficient (Wildman–Crippen LogP) is 2.36. The average molecular weight is 228 g/mol. The molecular weight excluding hydrogens is 224 g/mol. The van der Waals surface area contributed by atoms with Crippen molar-refractivity contribution in [1.29, 1.82) is 0 Å². The van der Waals surface area contributed by atoms with Crippen LogP contribution in [0.15, 0.2) is 11.4 Å². The van der Waals surface area contributed by atoms with Crippen molar-refractivity contribution in [2.24, 2.45) is 0 Å². The van der Waals surface area contributed by atoms with E-state index in [1.165, 1.54) is 22.8 Å². The second kappa shape index (κ2) is 3.07. The number of aromatic carboxylic acids is 2. The largest absolute Gasteiger partial charge is 0.478 e. The van der Waals surface area contributed by atoms with Gasteiger partial charge >= 0.3 is 11.9 Å². The van der Waals surface area contributed by atoms with Crippen LogP contribution in [0.5, 0.6) is 0 Å². The fourth-order valence-electron chi connectivity index (χ4n) is 1.10. The van der Waals surface area contributed by atoms with Gasteiger partial charge in [-0.05, 0) is 6.07 Å². The van der Waals surface area contributed by atoms with Gasteiger partial charge in [-0.1, -0.05) is 0 Å². The normalized spacial score (nSPS) is 10.6. The number of carboxylic acid groups (broad SMARTS) is 2. The summed E-state index contributed by atoms with van der Waals surface area (Å²) in [5.41, 5.74) is 0.175. The second-order valence-electron chi connectivity index (χ2n) is 2.57. The molecule has 14 heavy (non-hydrogen) atoms. The minimum absolute atomic E-state index is 0.175. The summed E-state index contributed by atoms with van der Waals surface area (Å²) < 4.78 is 0.736. The first-order valence-corrected chi connectivity index (χ1v) is 5.27. The Morgan fingerprint density at radius 3 is 2.50 bits per heavy atom. The molecule has 0 radical (unpaired) electrons. The van der Waals surface area contributed by atoms with Gasteiger partial charge < -0.3 is 10.2 Å². The zero-order chi connectivity index (χ0) is 10.3. The summed E-state index contributed by atoms with van der Waals surface area (Å²) in [4.78, 5) is 21.5. The molecule has 0 bridgehead atoms. The van der Waals surface area contributed by atoms with E-state index in [0.717, 1.165) is 15.4 Å². The molecular formula is C8H4O4S2. The quantitative estimate of drug-likeness (QED) is 0.827. The summed E-state index contributed by atoms with van der Waals surface area (Å²) in [6.07, 6.45) is 0. The SMILES string of the molecule is O=C(O)c1cc2c(C(=O)O)csc2s1. The van der Waals surface area contributed by atoms with E-state index in [-0.39, 0.29) is 10.4 Å². The Bertz CT molecular complexity index is 522. The molecule has 0 spiro atoms. The maximum absolute atomic E-state index is 10.7. The van der Waals surface area contributed by atoms with Gasteiger partial charge in [-0.25, -0.2) is 9.59 Å². The Kier molecular flexibility index (Phi) is 2.01. The monoisotopic (exact) mass is 228 g/mol. The Labute approximate surface area is 86.0 Å². The number of hydrogen-bond acceptors (Lipinski definition) is 4. The van der Waals surface area contributed by atoms with Crippen LogP contribution in [0.3, 0.4) is 0 Å². The standard InChI is InChI=1S/C8H4O4S2/c9-6(10)4-2-13-8-3(4)1-5(14-8)7(11)12/h1-2H,(H,9,10)(H,11,12). The van der Waals surface area contributed by atoms with Gasteiger partial charge in [0.15, 0.2) is 0 Å². The summed E-state index contributed by atoms with van der Waals surface area (Å²) in [5.74, 6) is -2.04. The molecule has 2 heterocycles. The van der Waals surface area contributed by atoms with E-state index in [0.29, 0.717) is 5.39 Å². The molecule has 0 unspecified atom stereocenters. The highest BCUT2D eigenvalue weighted by Gasteiger charge is 2.16. The third kappa shape index (κ3) is 1.28. The molecule has 4 nitrogen and oxygen atoms in total. The van der Waals surface area contributed by atoms with E-state index in [4.69, 9.17) is 10.2 Å². The van der Waals surface area contributed by atoms with Crippen LogP contribution in [0.4, 0.5) is 0 Å². The van der Waals surface area contributed by atoms with E-state index < -0.39 is 11.9 Å². The topological polar surface area (TPSA) is 74.6 Å². The number of rotatable bonds is 2. The van der Waals surface area contributed by atoms with E-state index in [2.05, 4.69) is 0 Å². The minimum Gasteiger partial charge on any atom is -0.478 e. The zero-order valence-corrected chi connectivity index (χ0v) is 8.32. The number of thiophene rings is 2. The van der Waals surface area contributed by atoms with Crippen LogP contribution < -0.4 is 0 Å². The van der Waals surface area contributed by atoms with Crippen molar-refractivity contribution in [3.05, 3.63) is 21.9 Å². The molecule has 2 aromatic rings. The molecule has 0 aromatic carbocycles. The first kappa shape index (κ1) is 9.17. The Hall–Kier alpha value is -1.40. The van der Waals surface area contributed by atoms with Gasteiger partial charge in [0.05, 0.1) is 9.58 Å². The maximum Gasteiger partial charge on any atom is 0.345 e. The van der Waals surface area contributed by atoms with Crippen molar-refractivity contribution < 1.29 is 19.8 Å². The molecule has 0 saturated carbocycles. The van der Waals surface area contributed by atoms with Crippen molar-refractivity contribution >= 4 is 44.0 Å². The summed E-state index contributed by atoms with van der Waals surface area (Å²) in [6.45, 7) is 0. The summed E-state index contributed by atoms with van der Waals surface area (Å²) in [5, 5.41) is 19.5. The Morgan fingerprint density at radius 2 is 1.93 bits per heavy atom. The number of carbonyl (C=O) groups is 2. The third-order valence-corrected chi connectivity index (χ3v) is 3.96. The van der Waals surface area contributed by atoms with E-state index >= 15 is 0 Å². The molecule has 2 rings (SSSR count). The Morgan fingerprint density at radius 1 is 1.21 bits per heavy atom. The van der Waals surface area contributed by atoms with Gasteiger partial charge in [-0.2, -0.15) is 0 Å². The molecule has 6 heteroatoms. The molecule has 0 fully saturated rings. The van der Waals surface area contributed by atoms with Crippen LogP contribution in [0.2, 0.25) is 0 Å². The third-order valence-electron chi connectivity index (χ3n) is 1.71. The predicted molar refractivity (Wildman–Crippen MR) is 53.6 cm³/mol. The number of carboxylic acids is 2. The van der Waals surface area contributed by atoms with Crippen LogP contribution in [-0.4, -0.2) is 22.2 Å². The van der Waals surface area contributed by atoms with Gasteiger partial charge in [0.2, 0.25) is 0 Å². The van der Waals surface area contributed by atoms with Crippen molar-refractivity contribution in [1.82, 2.24) is 0 Å². The molecule has 0 amide bonds. The highest BCUT2D eigenvalue weighted by molar-refractivity contribution is 7.38. The lowest BCUT2D eigenvalue weighted by molar-refractivity contribution is 0.0688. The van der Waals surface area contributed by atoms with Gasteiger partial charge in [0.1, 0.15) is 4.88 Å². The summed E-state index contributed by atoms with van der Waals surface area (Å²) >= 11 is 2.35. The lowest BCUT2D eigenvalue weighted by Gasteiger charge is -1.85. The van der Waals surface area contributed by atoms with Crippen LogP contribution >= 0.6 is 22.7 Å². The van der Waals surface area contributed by atoms with Crippen molar-refractivity contribution in [3.8, 4) is 0 Å². The number of hydrogen-bond donors (Lipinski definition) is 2. The minimum atomic E-state index is -1.02. The molecule has 0 aliphatic rings. The first-order valence-electron chi connectivity index (χ1n) is 3.57. The number of fused-ring (bicyclic) bond motifs is 1. The highest BCUT2D eigenvalue weighted by Crippen LogP contribution is 2.33. The van der Waals surface area contributed by atoms with Crippen molar-refractivity contribution in [2.75, 3.05) is 0 Å². The van der Waals surface area contributed by atoms with Crippen LogP contribution in [0.25, 0.3) is 9.40 Å². The van der Waals surface area contributed by atoms with Crippen LogP contribution in [-0.2, 0) is 0 Å². The van der Waals surface area contributed by atoms with E-state index in [1.54, 1.807) is 0 Å². The zero-order valence-electron chi connectivity index (χ0n) is 6.68. The lowest BCUT2D eigenvalue weighted by Crippen LogP contribution is -1.93.